The maximum absolute atomic E-state index is 13.2. The van der Waals surface area contributed by atoms with Crippen LogP contribution in [0.3, 0.4) is 0 Å². The molecule has 0 spiro atoms. The SMILES string of the molecule is CC(=O)c1cccc(NC(=O)Cn2cc(S(=O)(=O)Cc3ccc(C)cc3)c3ccccc32)c1. The van der Waals surface area contributed by atoms with Gasteiger partial charge < -0.3 is 9.88 Å². The van der Waals surface area contributed by atoms with E-state index in [1.165, 1.54) is 13.1 Å². The van der Waals surface area contributed by atoms with Crippen molar-refractivity contribution in [2.24, 2.45) is 0 Å². The molecule has 0 bridgehead atoms. The Balaban J connectivity index is 1.62. The molecule has 4 aromatic rings. The fourth-order valence-electron chi connectivity index (χ4n) is 3.74. The van der Waals surface area contributed by atoms with E-state index in [0.717, 1.165) is 5.56 Å². The molecule has 0 unspecified atom stereocenters. The van der Waals surface area contributed by atoms with E-state index in [0.29, 0.717) is 27.7 Å². The Labute approximate surface area is 192 Å². The van der Waals surface area contributed by atoms with Crippen molar-refractivity contribution in [3.05, 3.63) is 95.7 Å². The van der Waals surface area contributed by atoms with Gasteiger partial charge in [0.2, 0.25) is 5.91 Å². The van der Waals surface area contributed by atoms with E-state index in [4.69, 9.17) is 0 Å². The van der Waals surface area contributed by atoms with Gasteiger partial charge in [0.1, 0.15) is 6.54 Å². The summed E-state index contributed by atoms with van der Waals surface area (Å²) in [6.45, 7) is 3.35. The lowest BCUT2D eigenvalue weighted by molar-refractivity contribution is -0.116. The number of ketones is 1. The highest BCUT2D eigenvalue weighted by Gasteiger charge is 2.22. The summed E-state index contributed by atoms with van der Waals surface area (Å²) in [6.07, 6.45) is 1.53. The van der Waals surface area contributed by atoms with Crippen molar-refractivity contribution in [1.82, 2.24) is 4.57 Å². The van der Waals surface area contributed by atoms with E-state index in [1.807, 2.05) is 37.3 Å². The summed E-state index contributed by atoms with van der Waals surface area (Å²) in [5.41, 5.74) is 3.45. The van der Waals surface area contributed by atoms with Crippen molar-refractivity contribution in [3.8, 4) is 0 Å². The zero-order valence-electron chi connectivity index (χ0n) is 18.4. The Kier molecular flexibility index (Phi) is 6.16. The Morgan fingerprint density at radius 2 is 1.67 bits per heavy atom. The van der Waals surface area contributed by atoms with Crippen molar-refractivity contribution in [1.29, 1.82) is 0 Å². The number of anilines is 1. The molecule has 33 heavy (non-hydrogen) atoms. The molecule has 4 rings (SSSR count). The molecule has 0 aliphatic heterocycles. The second-order valence-corrected chi connectivity index (χ2v) is 10.0. The van der Waals surface area contributed by atoms with Crippen LogP contribution in [0.4, 0.5) is 5.69 Å². The number of rotatable bonds is 7. The Morgan fingerprint density at radius 3 is 2.39 bits per heavy atom. The van der Waals surface area contributed by atoms with Gasteiger partial charge in [0.15, 0.2) is 15.6 Å². The molecule has 0 saturated heterocycles. The van der Waals surface area contributed by atoms with Gasteiger partial charge in [-0.2, -0.15) is 0 Å². The zero-order valence-corrected chi connectivity index (χ0v) is 19.2. The number of nitrogens with zero attached hydrogens (tertiary/aromatic N) is 1. The Hall–Kier alpha value is -3.71. The van der Waals surface area contributed by atoms with Gasteiger partial charge >= 0.3 is 0 Å². The third-order valence-corrected chi connectivity index (χ3v) is 7.14. The minimum absolute atomic E-state index is 0.0646. The first kappa shape index (κ1) is 22.5. The summed E-state index contributed by atoms with van der Waals surface area (Å²) >= 11 is 0. The number of aromatic nitrogens is 1. The fraction of sp³-hybridized carbons (Fsp3) is 0.154. The summed E-state index contributed by atoms with van der Waals surface area (Å²) in [7, 11) is -3.63. The molecule has 6 nitrogen and oxygen atoms in total. The summed E-state index contributed by atoms with van der Waals surface area (Å²) in [4.78, 5) is 24.5. The number of hydrogen-bond donors (Lipinski definition) is 1. The van der Waals surface area contributed by atoms with Crippen LogP contribution in [0.15, 0.2) is 83.9 Å². The summed E-state index contributed by atoms with van der Waals surface area (Å²) < 4.78 is 28.1. The van der Waals surface area contributed by atoms with Crippen molar-refractivity contribution in [3.63, 3.8) is 0 Å². The molecule has 168 valence electrons. The first-order valence-corrected chi connectivity index (χ1v) is 12.2. The monoisotopic (exact) mass is 460 g/mol. The van der Waals surface area contributed by atoms with Crippen LogP contribution in [-0.4, -0.2) is 24.7 Å². The average Bonchev–Trinajstić information content (AvgIpc) is 3.15. The zero-order chi connectivity index (χ0) is 23.6. The molecule has 0 fully saturated rings. The number of amides is 1. The maximum atomic E-state index is 13.2. The third-order valence-electron chi connectivity index (χ3n) is 5.43. The van der Waals surface area contributed by atoms with Gasteiger partial charge in [-0.1, -0.05) is 60.2 Å². The van der Waals surface area contributed by atoms with Crippen molar-refractivity contribution >= 4 is 38.1 Å². The van der Waals surface area contributed by atoms with Crippen molar-refractivity contribution in [2.75, 3.05) is 5.32 Å². The normalized spacial score (nSPS) is 11.5. The second kappa shape index (κ2) is 9.03. The van der Waals surface area contributed by atoms with Crippen LogP contribution in [-0.2, 0) is 26.9 Å². The number of Topliss-reactive ketones (excluding diaryl/α,β-unsaturated/α-hetero) is 1. The molecule has 0 atom stereocenters. The quantitative estimate of drug-likeness (QED) is 0.403. The van der Waals surface area contributed by atoms with Crippen molar-refractivity contribution < 1.29 is 18.0 Å². The molecule has 0 aliphatic rings. The molecule has 1 heterocycles. The third kappa shape index (κ3) is 5.04. The predicted molar refractivity (Wildman–Crippen MR) is 129 cm³/mol. The van der Waals surface area contributed by atoms with Gasteiger partial charge in [-0.15, -0.1) is 0 Å². The van der Waals surface area contributed by atoms with Gasteiger partial charge in [0.25, 0.3) is 0 Å². The number of benzene rings is 3. The number of fused-ring (bicyclic) bond motifs is 1. The Morgan fingerprint density at radius 1 is 0.939 bits per heavy atom. The molecule has 7 heteroatoms. The first-order valence-electron chi connectivity index (χ1n) is 10.5. The standard InChI is InChI=1S/C26H24N2O4S/c1-18-10-12-20(13-11-18)17-33(31,32)25-15-28(24-9-4-3-8-23(24)25)16-26(30)27-22-7-5-6-21(14-22)19(2)29/h3-15H,16-17H2,1-2H3,(H,27,30). The number of carbonyl (C=O) groups is 2. The van der Waals surface area contributed by atoms with E-state index < -0.39 is 9.84 Å². The summed E-state index contributed by atoms with van der Waals surface area (Å²) in [5, 5.41) is 3.36. The van der Waals surface area contributed by atoms with Gasteiger partial charge in [-0.3, -0.25) is 9.59 Å². The maximum Gasteiger partial charge on any atom is 0.244 e. The molecule has 1 aromatic heterocycles. The van der Waals surface area contributed by atoms with Gasteiger partial charge in [-0.05, 0) is 37.6 Å². The smallest absolute Gasteiger partial charge is 0.244 e. The van der Waals surface area contributed by atoms with Gasteiger partial charge in [0.05, 0.1) is 10.6 Å². The van der Waals surface area contributed by atoms with Gasteiger partial charge in [-0.25, -0.2) is 8.42 Å². The predicted octanol–water partition coefficient (Wildman–Crippen LogP) is 4.76. The van der Waals surface area contributed by atoms with Crippen LogP contribution in [0.25, 0.3) is 10.9 Å². The number of para-hydroxylation sites is 1. The molecule has 0 aliphatic carbocycles. The summed E-state index contributed by atoms with van der Waals surface area (Å²) in [6, 6.07) is 21.2. The topological polar surface area (TPSA) is 85.2 Å². The average molecular weight is 461 g/mol. The van der Waals surface area contributed by atoms with Crippen LogP contribution in [0, 0.1) is 6.92 Å². The van der Waals surface area contributed by atoms with E-state index in [-0.39, 0.29) is 28.9 Å². The van der Waals surface area contributed by atoms with Gasteiger partial charge in [0, 0.05) is 28.4 Å². The molecule has 0 saturated carbocycles. The molecule has 0 radical (unpaired) electrons. The van der Waals surface area contributed by atoms with Crippen LogP contribution in [0.1, 0.15) is 28.4 Å². The first-order chi connectivity index (χ1) is 15.7. The van der Waals surface area contributed by atoms with Crippen LogP contribution < -0.4 is 5.32 Å². The highest BCUT2D eigenvalue weighted by Crippen LogP contribution is 2.28. The number of hydrogen-bond acceptors (Lipinski definition) is 4. The number of nitrogens with one attached hydrogen (secondary N) is 1. The van der Waals surface area contributed by atoms with Crippen LogP contribution in [0.5, 0.6) is 0 Å². The van der Waals surface area contributed by atoms with E-state index in [2.05, 4.69) is 5.32 Å². The molecule has 1 N–H and O–H groups in total. The number of aryl methyl sites for hydroxylation is 1. The van der Waals surface area contributed by atoms with Crippen molar-refractivity contribution in [2.45, 2.75) is 31.0 Å². The highest BCUT2D eigenvalue weighted by atomic mass is 32.2. The Bertz CT molecular complexity index is 1450. The van der Waals surface area contributed by atoms with Crippen LogP contribution in [0.2, 0.25) is 0 Å². The molecule has 3 aromatic carbocycles. The fourth-order valence-corrected chi connectivity index (χ4v) is 5.33. The lowest BCUT2D eigenvalue weighted by atomic mass is 10.1. The second-order valence-electron chi connectivity index (χ2n) is 8.07. The minimum Gasteiger partial charge on any atom is -0.337 e. The molecule has 1 amide bonds. The molecular weight excluding hydrogens is 436 g/mol. The minimum atomic E-state index is -3.63. The number of sulfone groups is 1. The summed E-state index contributed by atoms with van der Waals surface area (Å²) in [5.74, 6) is -0.532. The largest absolute Gasteiger partial charge is 0.337 e. The lowest BCUT2D eigenvalue weighted by Gasteiger charge is -2.08. The van der Waals surface area contributed by atoms with Crippen LogP contribution >= 0.6 is 0 Å². The number of carbonyl (C=O) groups excluding carboxylic acids is 2. The molecular formula is C26H24N2O4S. The highest BCUT2D eigenvalue weighted by molar-refractivity contribution is 7.90. The van der Waals surface area contributed by atoms with E-state index in [9.17, 15) is 18.0 Å². The van der Waals surface area contributed by atoms with E-state index in [1.54, 1.807) is 47.0 Å². The lowest BCUT2D eigenvalue weighted by Crippen LogP contribution is -2.18. The van der Waals surface area contributed by atoms with E-state index >= 15 is 0 Å².